The molecule has 1 spiro atoms. The predicted molar refractivity (Wildman–Crippen MR) is 46.9 cm³/mol. The molecule has 2 aliphatic rings. The van der Waals surface area contributed by atoms with Crippen molar-refractivity contribution in [1.29, 1.82) is 0 Å². The summed E-state index contributed by atoms with van der Waals surface area (Å²) < 4.78 is 11.2. The van der Waals surface area contributed by atoms with Crippen LogP contribution in [-0.2, 0) is 9.47 Å². The Labute approximate surface area is 73.5 Å². The van der Waals surface area contributed by atoms with Crippen LogP contribution in [0.4, 0.5) is 0 Å². The Hall–Kier alpha value is -0.500. The van der Waals surface area contributed by atoms with Gasteiger partial charge in [-0.25, -0.2) is 0 Å². The van der Waals surface area contributed by atoms with Gasteiger partial charge in [0, 0.05) is 6.61 Å². The maximum atomic E-state index is 5.79. The number of hydrogen-bond donors (Lipinski definition) is 0. The van der Waals surface area contributed by atoms with Gasteiger partial charge in [-0.05, 0) is 38.2 Å². The molecule has 0 N–H and O–H groups in total. The van der Waals surface area contributed by atoms with Crippen molar-refractivity contribution in [1.82, 2.24) is 0 Å². The van der Waals surface area contributed by atoms with Crippen molar-refractivity contribution in [3.05, 3.63) is 11.8 Å². The molecule has 0 aromatic heterocycles. The summed E-state index contributed by atoms with van der Waals surface area (Å²) in [7, 11) is 1.75. The predicted octanol–water partition coefficient (Wildman–Crippen LogP) is 2.25. The first-order valence-corrected chi connectivity index (χ1v) is 4.76. The summed E-state index contributed by atoms with van der Waals surface area (Å²) in [5.74, 6) is 1.08. The third kappa shape index (κ3) is 1.14. The summed E-state index contributed by atoms with van der Waals surface area (Å²) in [6.45, 7) is 0.903. The SMILES string of the molecule is COC1=CCCCC12CCCO2. The summed E-state index contributed by atoms with van der Waals surface area (Å²) in [4.78, 5) is 0. The Balaban J connectivity index is 2.20. The Morgan fingerprint density at radius 2 is 2.25 bits per heavy atom. The summed E-state index contributed by atoms with van der Waals surface area (Å²) in [6.07, 6.45) is 8.05. The summed E-state index contributed by atoms with van der Waals surface area (Å²) in [6, 6.07) is 0. The van der Waals surface area contributed by atoms with Gasteiger partial charge in [0.2, 0.25) is 0 Å². The smallest absolute Gasteiger partial charge is 0.125 e. The Kier molecular flexibility index (Phi) is 2.09. The summed E-state index contributed by atoms with van der Waals surface area (Å²) >= 11 is 0. The molecule has 1 aliphatic carbocycles. The average Bonchev–Trinajstić information content (AvgIpc) is 2.55. The van der Waals surface area contributed by atoms with Gasteiger partial charge in [0.1, 0.15) is 11.4 Å². The molecule has 2 heteroatoms. The van der Waals surface area contributed by atoms with E-state index in [2.05, 4.69) is 6.08 Å². The van der Waals surface area contributed by atoms with E-state index in [9.17, 15) is 0 Å². The second-order valence-corrected chi connectivity index (χ2v) is 3.61. The van der Waals surface area contributed by atoms with Crippen molar-refractivity contribution in [2.45, 2.75) is 37.7 Å². The zero-order valence-corrected chi connectivity index (χ0v) is 7.64. The number of rotatable bonds is 1. The highest BCUT2D eigenvalue weighted by atomic mass is 16.5. The Bertz CT molecular complexity index is 190. The van der Waals surface area contributed by atoms with Crippen LogP contribution in [0.3, 0.4) is 0 Å². The van der Waals surface area contributed by atoms with E-state index in [1.54, 1.807) is 7.11 Å². The van der Waals surface area contributed by atoms with Crippen LogP contribution >= 0.6 is 0 Å². The van der Waals surface area contributed by atoms with Gasteiger partial charge < -0.3 is 9.47 Å². The molecule has 0 bridgehead atoms. The molecular weight excluding hydrogens is 152 g/mol. The van der Waals surface area contributed by atoms with E-state index in [-0.39, 0.29) is 5.60 Å². The van der Waals surface area contributed by atoms with Gasteiger partial charge in [-0.15, -0.1) is 0 Å². The number of allylic oxidation sites excluding steroid dienone is 1. The van der Waals surface area contributed by atoms with Gasteiger partial charge in [-0.1, -0.05) is 0 Å². The van der Waals surface area contributed by atoms with Crippen molar-refractivity contribution >= 4 is 0 Å². The quantitative estimate of drug-likeness (QED) is 0.598. The Morgan fingerprint density at radius 1 is 1.42 bits per heavy atom. The van der Waals surface area contributed by atoms with E-state index in [1.165, 1.54) is 12.8 Å². The Morgan fingerprint density at radius 3 is 2.92 bits per heavy atom. The van der Waals surface area contributed by atoms with Crippen LogP contribution in [0, 0.1) is 0 Å². The van der Waals surface area contributed by atoms with Gasteiger partial charge >= 0.3 is 0 Å². The van der Waals surface area contributed by atoms with Crippen LogP contribution in [0.1, 0.15) is 32.1 Å². The van der Waals surface area contributed by atoms with E-state index in [0.29, 0.717) is 0 Å². The molecule has 2 rings (SSSR count). The minimum absolute atomic E-state index is 0.0208. The molecule has 1 aliphatic heterocycles. The van der Waals surface area contributed by atoms with Crippen molar-refractivity contribution in [2.75, 3.05) is 13.7 Å². The van der Waals surface area contributed by atoms with Gasteiger partial charge in [0.15, 0.2) is 0 Å². The lowest BCUT2D eigenvalue weighted by atomic mass is 9.86. The van der Waals surface area contributed by atoms with E-state index in [1.807, 2.05) is 0 Å². The number of methoxy groups -OCH3 is 1. The highest BCUT2D eigenvalue weighted by Crippen LogP contribution is 2.40. The molecule has 0 aromatic rings. The topological polar surface area (TPSA) is 18.5 Å². The van der Waals surface area contributed by atoms with Crippen LogP contribution in [0.25, 0.3) is 0 Å². The molecular formula is C10H16O2. The third-order valence-corrected chi connectivity index (χ3v) is 2.89. The molecule has 1 heterocycles. The van der Waals surface area contributed by atoms with E-state index < -0.39 is 0 Å². The molecule has 1 unspecified atom stereocenters. The monoisotopic (exact) mass is 168 g/mol. The fourth-order valence-corrected chi connectivity index (χ4v) is 2.29. The molecule has 0 amide bonds. The van der Waals surface area contributed by atoms with Gasteiger partial charge in [0.25, 0.3) is 0 Å². The first-order chi connectivity index (χ1) is 5.87. The molecule has 12 heavy (non-hydrogen) atoms. The zero-order chi connectivity index (χ0) is 8.44. The molecule has 1 saturated heterocycles. The first kappa shape index (κ1) is 8.11. The standard InChI is InChI=1S/C10H16O2/c1-11-9-5-2-3-6-10(9)7-4-8-12-10/h5H,2-4,6-8H2,1H3. The van der Waals surface area contributed by atoms with Crippen LogP contribution in [-0.4, -0.2) is 19.3 Å². The van der Waals surface area contributed by atoms with E-state index >= 15 is 0 Å². The van der Waals surface area contributed by atoms with Crippen LogP contribution in [0.5, 0.6) is 0 Å². The van der Waals surface area contributed by atoms with E-state index in [0.717, 1.165) is 31.6 Å². The first-order valence-electron chi connectivity index (χ1n) is 4.76. The molecule has 68 valence electrons. The minimum Gasteiger partial charge on any atom is -0.498 e. The van der Waals surface area contributed by atoms with Crippen molar-refractivity contribution < 1.29 is 9.47 Å². The number of hydrogen-bond acceptors (Lipinski definition) is 2. The number of ether oxygens (including phenoxy) is 2. The van der Waals surface area contributed by atoms with Crippen LogP contribution < -0.4 is 0 Å². The highest BCUT2D eigenvalue weighted by Gasteiger charge is 2.40. The second-order valence-electron chi connectivity index (χ2n) is 3.61. The van der Waals surface area contributed by atoms with Gasteiger partial charge in [0.05, 0.1) is 7.11 Å². The highest BCUT2D eigenvalue weighted by molar-refractivity contribution is 5.15. The molecule has 0 aromatic carbocycles. The maximum absolute atomic E-state index is 5.79. The maximum Gasteiger partial charge on any atom is 0.125 e. The van der Waals surface area contributed by atoms with Crippen molar-refractivity contribution in [3.63, 3.8) is 0 Å². The average molecular weight is 168 g/mol. The summed E-state index contributed by atoms with van der Waals surface area (Å²) in [5, 5.41) is 0. The van der Waals surface area contributed by atoms with Crippen LogP contribution in [0.2, 0.25) is 0 Å². The third-order valence-electron chi connectivity index (χ3n) is 2.89. The fourth-order valence-electron chi connectivity index (χ4n) is 2.29. The second kappa shape index (κ2) is 3.09. The lowest BCUT2D eigenvalue weighted by molar-refractivity contribution is -0.0186. The van der Waals surface area contributed by atoms with E-state index in [4.69, 9.17) is 9.47 Å². The largest absolute Gasteiger partial charge is 0.498 e. The van der Waals surface area contributed by atoms with Gasteiger partial charge in [-0.3, -0.25) is 0 Å². The van der Waals surface area contributed by atoms with Crippen molar-refractivity contribution in [2.24, 2.45) is 0 Å². The fraction of sp³-hybridized carbons (Fsp3) is 0.800. The summed E-state index contributed by atoms with van der Waals surface area (Å²) in [5.41, 5.74) is -0.0208. The zero-order valence-electron chi connectivity index (χ0n) is 7.64. The molecule has 1 fully saturated rings. The molecule has 1 atom stereocenters. The lowest BCUT2D eigenvalue weighted by Gasteiger charge is -2.32. The minimum atomic E-state index is -0.0208. The van der Waals surface area contributed by atoms with Crippen molar-refractivity contribution in [3.8, 4) is 0 Å². The molecule has 0 radical (unpaired) electrons. The lowest BCUT2D eigenvalue weighted by Crippen LogP contribution is -2.33. The normalized spacial score (nSPS) is 35.2. The van der Waals surface area contributed by atoms with Gasteiger partial charge in [-0.2, -0.15) is 0 Å². The molecule has 2 nitrogen and oxygen atoms in total. The van der Waals surface area contributed by atoms with Crippen LogP contribution in [0.15, 0.2) is 11.8 Å². The molecule has 0 saturated carbocycles.